The molecule has 0 saturated carbocycles. The van der Waals surface area contributed by atoms with Crippen molar-refractivity contribution in [2.45, 2.75) is 38.4 Å². The van der Waals surface area contributed by atoms with Gasteiger partial charge in [0, 0.05) is 19.1 Å². The predicted octanol–water partition coefficient (Wildman–Crippen LogP) is 4.65. The summed E-state index contributed by atoms with van der Waals surface area (Å²) in [5.74, 6) is 0. The molecule has 1 aromatic rings. The quantitative estimate of drug-likeness (QED) is 0.869. The summed E-state index contributed by atoms with van der Waals surface area (Å²) < 4.78 is 38.2. The zero-order valence-corrected chi connectivity index (χ0v) is 12.8. The molecule has 0 aliphatic carbocycles. The largest absolute Gasteiger partial charge is 0.416 e. The van der Waals surface area contributed by atoms with Gasteiger partial charge in [0.2, 0.25) is 0 Å². The van der Waals surface area contributed by atoms with Crippen molar-refractivity contribution in [2.24, 2.45) is 0 Å². The van der Waals surface area contributed by atoms with Crippen LogP contribution in [-0.4, -0.2) is 30.6 Å². The van der Waals surface area contributed by atoms with Gasteiger partial charge in [-0.3, -0.25) is 0 Å². The van der Waals surface area contributed by atoms with Crippen molar-refractivity contribution in [3.8, 4) is 0 Å². The standard InChI is InChI=1S/C15H20ClF3N2/c1-2-7-21-8-5-12(6-9-21)20-14-10-11(15(17,18)19)3-4-13(14)16/h3-4,10,12,20H,2,5-9H2,1H3. The molecule has 21 heavy (non-hydrogen) atoms. The molecule has 0 aromatic heterocycles. The molecule has 6 heteroatoms. The molecule has 0 radical (unpaired) electrons. The molecule has 1 aromatic carbocycles. The van der Waals surface area contributed by atoms with E-state index in [1.807, 2.05) is 0 Å². The number of hydrogen-bond acceptors (Lipinski definition) is 2. The summed E-state index contributed by atoms with van der Waals surface area (Å²) in [6.45, 7) is 5.17. The SMILES string of the molecule is CCCN1CCC(Nc2cc(C(F)(F)F)ccc2Cl)CC1. The Morgan fingerprint density at radius 2 is 1.95 bits per heavy atom. The van der Waals surface area contributed by atoms with Crippen LogP contribution in [0.4, 0.5) is 18.9 Å². The molecule has 0 bridgehead atoms. The fourth-order valence-electron chi connectivity index (χ4n) is 2.65. The lowest BCUT2D eigenvalue weighted by Crippen LogP contribution is -2.39. The first-order valence-electron chi connectivity index (χ1n) is 7.25. The Morgan fingerprint density at radius 3 is 2.52 bits per heavy atom. The second-order valence-electron chi connectivity index (χ2n) is 5.45. The summed E-state index contributed by atoms with van der Waals surface area (Å²) in [6.07, 6.45) is -1.37. The molecule has 2 rings (SSSR count). The smallest absolute Gasteiger partial charge is 0.381 e. The highest BCUT2D eigenvalue weighted by Crippen LogP contribution is 2.34. The molecule has 1 saturated heterocycles. The van der Waals surface area contributed by atoms with Crippen LogP contribution in [0.3, 0.4) is 0 Å². The summed E-state index contributed by atoms with van der Waals surface area (Å²) in [7, 11) is 0. The van der Waals surface area contributed by atoms with Crippen LogP contribution in [0.25, 0.3) is 0 Å². The van der Waals surface area contributed by atoms with Crippen LogP contribution >= 0.6 is 11.6 Å². The third kappa shape index (κ3) is 4.51. The normalized spacial score (nSPS) is 18.0. The van der Waals surface area contributed by atoms with E-state index in [9.17, 15) is 13.2 Å². The van der Waals surface area contributed by atoms with E-state index < -0.39 is 11.7 Å². The number of nitrogens with zero attached hydrogens (tertiary/aromatic N) is 1. The number of nitrogens with one attached hydrogen (secondary N) is 1. The minimum atomic E-state index is -4.34. The fourth-order valence-corrected chi connectivity index (χ4v) is 2.82. The Hall–Kier alpha value is -0.940. The van der Waals surface area contributed by atoms with Crippen molar-refractivity contribution in [3.05, 3.63) is 28.8 Å². The number of benzene rings is 1. The van der Waals surface area contributed by atoms with Crippen LogP contribution in [0.15, 0.2) is 18.2 Å². The Morgan fingerprint density at radius 1 is 1.29 bits per heavy atom. The first-order chi connectivity index (χ1) is 9.90. The van der Waals surface area contributed by atoms with Crippen LogP contribution in [0.1, 0.15) is 31.7 Å². The number of alkyl halides is 3. The van der Waals surface area contributed by atoms with Crippen molar-refractivity contribution < 1.29 is 13.2 Å². The monoisotopic (exact) mass is 320 g/mol. The maximum Gasteiger partial charge on any atom is 0.416 e. The van der Waals surface area contributed by atoms with Gasteiger partial charge in [0.05, 0.1) is 16.3 Å². The van der Waals surface area contributed by atoms with Crippen molar-refractivity contribution in [3.63, 3.8) is 0 Å². The zero-order chi connectivity index (χ0) is 15.5. The van der Waals surface area contributed by atoms with E-state index in [1.54, 1.807) is 0 Å². The molecule has 0 unspecified atom stereocenters. The lowest BCUT2D eigenvalue weighted by molar-refractivity contribution is -0.137. The van der Waals surface area contributed by atoms with Crippen LogP contribution in [0, 0.1) is 0 Å². The van der Waals surface area contributed by atoms with Crippen molar-refractivity contribution >= 4 is 17.3 Å². The number of likely N-dealkylation sites (tertiary alicyclic amines) is 1. The Kier molecular flexibility index (Phi) is 5.38. The third-order valence-electron chi connectivity index (χ3n) is 3.78. The van der Waals surface area contributed by atoms with Gasteiger partial charge in [-0.2, -0.15) is 13.2 Å². The minimum Gasteiger partial charge on any atom is -0.381 e. The third-order valence-corrected chi connectivity index (χ3v) is 4.11. The average molecular weight is 321 g/mol. The lowest BCUT2D eigenvalue weighted by Gasteiger charge is -2.32. The fraction of sp³-hybridized carbons (Fsp3) is 0.600. The van der Waals surface area contributed by atoms with Crippen LogP contribution in [-0.2, 0) is 6.18 Å². The van der Waals surface area contributed by atoms with E-state index in [0.717, 1.165) is 51.0 Å². The molecule has 2 nitrogen and oxygen atoms in total. The molecule has 1 aliphatic heterocycles. The molecule has 1 heterocycles. The molecular formula is C15H20ClF3N2. The Bertz CT molecular complexity index is 468. The number of piperidine rings is 1. The topological polar surface area (TPSA) is 15.3 Å². The van der Waals surface area contributed by atoms with Crippen LogP contribution in [0.2, 0.25) is 5.02 Å². The highest BCUT2D eigenvalue weighted by molar-refractivity contribution is 6.33. The van der Waals surface area contributed by atoms with E-state index in [-0.39, 0.29) is 6.04 Å². The van der Waals surface area contributed by atoms with Gasteiger partial charge in [0.15, 0.2) is 0 Å². The summed E-state index contributed by atoms with van der Waals surface area (Å²) >= 11 is 6.00. The Labute approximate surface area is 128 Å². The maximum absolute atomic E-state index is 12.7. The van der Waals surface area contributed by atoms with E-state index in [4.69, 9.17) is 11.6 Å². The first kappa shape index (κ1) is 16.4. The summed E-state index contributed by atoms with van der Waals surface area (Å²) in [5, 5.41) is 3.50. The van der Waals surface area contributed by atoms with E-state index >= 15 is 0 Å². The summed E-state index contributed by atoms with van der Waals surface area (Å²) in [4.78, 5) is 2.38. The molecule has 1 aliphatic rings. The van der Waals surface area contributed by atoms with Gasteiger partial charge in [-0.1, -0.05) is 18.5 Å². The Balaban J connectivity index is 2.00. The van der Waals surface area contributed by atoms with E-state index in [2.05, 4.69) is 17.1 Å². The average Bonchev–Trinajstić information content (AvgIpc) is 2.42. The number of anilines is 1. The molecule has 0 atom stereocenters. The van der Waals surface area contributed by atoms with Crippen LogP contribution < -0.4 is 5.32 Å². The molecule has 1 fully saturated rings. The van der Waals surface area contributed by atoms with Gasteiger partial charge in [-0.25, -0.2) is 0 Å². The molecule has 0 amide bonds. The number of halogens is 4. The lowest BCUT2D eigenvalue weighted by atomic mass is 10.0. The van der Waals surface area contributed by atoms with Gasteiger partial charge in [-0.15, -0.1) is 0 Å². The molecule has 1 N–H and O–H groups in total. The zero-order valence-electron chi connectivity index (χ0n) is 12.0. The van der Waals surface area contributed by atoms with Gasteiger partial charge in [0.25, 0.3) is 0 Å². The maximum atomic E-state index is 12.7. The van der Waals surface area contributed by atoms with Crippen molar-refractivity contribution in [2.75, 3.05) is 25.0 Å². The molecule has 118 valence electrons. The van der Waals surface area contributed by atoms with Crippen molar-refractivity contribution in [1.82, 2.24) is 4.90 Å². The first-order valence-corrected chi connectivity index (χ1v) is 7.63. The van der Waals surface area contributed by atoms with Gasteiger partial charge < -0.3 is 10.2 Å². The summed E-state index contributed by atoms with van der Waals surface area (Å²) in [6, 6.07) is 3.59. The minimum absolute atomic E-state index is 0.180. The highest BCUT2D eigenvalue weighted by atomic mass is 35.5. The molecule has 0 spiro atoms. The number of rotatable bonds is 4. The van der Waals surface area contributed by atoms with E-state index in [1.165, 1.54) is 6.07 Å². The predicted molar refractivity (Wildman–Crippen MR) is 79.8 cm³/mol. The van der Waals surface area contributed by atoms with Crippen LogP contribution in [0.5, 0.6) is 0 Å². The van der Waals surface area contributed by atoms with E-state index in [0.29, 0.717) is 10.7 Å². The highest BCUT2D eigenvalue weighted by Gasteiger charge is 2.31. The van der Waals surface area contributed by atoms with Gasteiger partial charge >= 0.3 is 6.18 Å². The molecular weight excluding hydrogens is 301 g/mol. The van der Waals surface area contributed by atoms with Crippen molar-refractivity contribution in [1.29, 1.82) is 0 Å². The number of hydrogen-bond donors (Lipinski definition) is 1. The summed E-state index contributed by atoms with van der Waals surface area (Å²) in [5.41, 5.74) is -0.293. The second-order valence-corrected chi connectivity index (χ2v) is 5.86. The van der Waals surface area contributed by atoms with Gasteiger partial charge in [0.1, 0.15) is 0 Å². The van der Waals surface area contributed by atoms with Gasteiger partial charge in [-0.05, 0) is 44.0 Å². The second kappa shape index (κ2) is 6.88.